The number of aryl methyl sites for hydroxylation is 1. The SMILES string of the molecule is Cn1ccc(N)c1-c1ccc(NC(=O)Nc2ccc(F)c(C(F)(F)F)c2)cc1. The highest BCUT2D eigenvalue weighted by Gasteiger charge is 2.34. The Bertz CT molecular complexity index is 990. The van der Waals surface area contributed by atoms with Crippen LogP contribution in [0.15, 0.2) is 54.7 Å². The first-order valence-electron chi connectivity index (χ1n) is 8.11. The van der Waals surface area contributed by atoms with Gasteiger partial charge >= 0.3 is 12.2 Å². The molecule has 0 radical (unpaired) electrons. The molecule has 0 aliphatic heterocycles. The van der Waals surface area contributed by atoms with Gasteiger partial charge in [0.15, 0.2) is 0 Å². The number of nitrogens with zero attached hydrogens (tertiary/aromatic N) is 1. The van der Waals surface area contributed by atoms with Gasteiger partial charge in [-0.25, -0.2) is 9.18 Å². The summed E-state index contributed by atoms with van der Waals surface area (Å²) < 4.78 is 53.4. The molecule has 0 atom stereocenters. The number of nitrogen functional groups attached to an aromatic ring is 1. The molecule has 0 saturated carbocycles. The normalized spacial score (nSPS) is 11.3. The first-order valence-corrected chi connectivity index (χ1v) is 8.11. The molecule has 4 N–H and O–H groups in total. The van der Waals surface area contributed by atoms with Crippen molar-refractivity contribution in [1.82, 2.24) is 4.57 Å². The minimum absolute atomic E-state index is 0.181. The van der Waals surface area contributed by atoms with Crippen molar-refractivity contribution >= 4 is 23.1 Å². The van der Waals surface area contributed by atoms with Gasteiger partial charge in [-0.2, -0.15) is 13.2 Å². The largest absolute Gasteiger partial charge is 0.419 e. The van der Waals surface area contributed by atoms with Crippen LogP contribution in [0.3, 0.4) is 0 Å². The van der Waals surface area contributed by atoms with Gasteiger partial charge in [0.1, 0.15) is 5.82 Å². The molecule has 0 saturated heterocycles. The number of hydrogen-bond acceptors (Lipinski definition) is 2. The van der Waals surface area contributed by atoms with Crippen LogP contribution in [0.4, 0.5) is 39.4 Å². The lowest BCUT2D eigenvalue weighted by atomic mass is 10.1. The van der Waals surface area contributed by atoms with Gasteiger partial charge in [0, 0.05) is 30.2 Å². The molecule has 1 heterocycles. The van der Waals surface area contributed by atoms with E-state index in [4.69, 9.17) is 5.73 Å². The number of anilines is 3. The van der Waals surface area contributed by atoms with E-state index in [-0.39, 0.29) is 5.69 Å². The molecule has 3 rings (SSSR count). The fourth-order valence-electron chi connectivity index (χ4n) is 2.74. The zero-order valence-corrected chi connectivity index (χ0v) is 14.6. The van der Waals surface area contributed by atoms with Gasteiger partial charge in [0.25, 0.3) is 0 Å². The number of benzene rings is 2. The average molecular weight is 392 g/mol. The topological polar surface area (TPSA) is 72.1 Å². The van der Waals surface area contributed by atoms with Crippen LogP contribution in [0, 0.1) is 5.82 Å². The lowest BCUT2D eigenvalue weighted by Gasteiger charge is -2.12. The van der Waals surface area contributed by atoms with Crippen LogP contribution >= 0.6 is 0 Å². The summed E-state index contributed by atoms with van der Waals surface area (Å²) in [6.07, 6.45) is -3.03. The van der Waals surface area contributed by atoms with Gasteiger partial charge in [0.05, 0.1) is 16.9 Å². The molecule has 2 aromatic carbocycles. The van der Waals surface area contributed by atoms with E-state index in [1.807, 2.05) is 17.8 Å². The maximum absolute atomic E-state index is 13.3. The van der Waals surface area contributed by atoms with E-state index in [1.54, 1.807) is 30.3 Å². The van der Waals surface area contributed by atoms with E-state index in [0.717, 1.165) is 17.3 Å². The van der Waals surface area contributed by atoms with Crippen LogP contribution in [0.1, 0.15) is 5.56 Å². The van der Waals surface area contributed by atoms with Gasteiger partial charge < -0.3 is 20.9 Å². The summed E-state index contributed by atoms with van der Waals surface area (Å²) in [5.41, 5.74) is 6.98. The number of alkyl halides is 3. The third-order valence-electron chi connectivity index (χ3n) is 4.05. The van der Waals surface area contributed by atoms with Crippen molar-refractivity contribution in [3.8, 4) is 11.3 Å². The van der Waals surface area contributed by atoms with Gasteiger partial charge in [-0.1, -0.05) is 12.1 Å². The number of aromatic nitrogens is 1. The molecule has 1 aromatic heterocycles. The first-order chi connectivity index (χ1) is 13.1. The highest BCUT2D eigenvalue weighted by molar-refractivity contribution is 6.00. The van der Waals surface area contributed by atoms with Gasteiger partial charge in [-0.05, 0) is 36.4 Å². The molecular formula is C19H16F4N4O. The van der Waals surface area contributed by atoms with E-state index < -0.39 is 23.6 Å². The number of nitrogens with two attached hydrogens (primary N) is 1. The third kappa shape index (κ3) is 4.08. The molecule has 0 unspecified atom stereocenters. The molecule has 146 valence electrons. The maximum atomic E-state index is 13.3. The number of amides is 2. The van der Waals surface area contributed by atoms with Crippen molar-refractivity contribution in [2.45, 2.75) is 6.18 Å². The molecule has 0 aliphatic rings. The lowest BCUT2D eigenvalue weighted by molar-refractivity contribution is -0.139. The predicted molar refractivity (Wildman–Crippen MR) is 99.3 cm³/mol. The Morgan fingerprint density at radius 3 is 2.18 bits per heavy atom. The summed E-state index contributed by atoms with van der Waals surface area (Å²) in [5, 5.41) is 4.75. The molecule has 3 aromatic rings. The minimum atomic E-state index is -4.85. The minimum Gasteiger partial charge on any atom is -0.397 e. The number of carbonyl (C=O) groups is 1. The van der Waals surface area contributed by atoms with Crippen molar-refractivity contribution in [2.75, 3.05) is 16.4 Å². The Morgan fingerprint density at radius 2 is 1.61 bits per heavy atom. The van der Waals surface area contributed by atoms with Crippen LogP contribution in [0.25, 0.3) is 11.3 Å². The number of halogens is 4. The maximum Gasteiger partial charge on any atom is 0.419 e. The summed E-state index contributed by atoms with van der Waals surface area (Å²) in [7, 11) is 1.85. The second kappa shape index (κ2) is 7.26. The fourth-order valence-corrected chi connectivity index (χ4v) is 2.74. The van der Waals surface area contributed by atoms with Gasteiger partial charge in [-0.15, -0.1) is 0 Å². The predicted octanol–water partition coefficient (Wildman–Crippen LogP) is 5.08. The van der Waals surface area contributed by atoms with Crippen molar-refractivity contribution in [2.24, 2.45) is 7.05 Å². The summed E-state index contributed by atoms with van der Waals surface area (Å²) in [6, 6.07) is 10.0. The van der Waals surface area contributed by atoms with Gasteiger partial charge in [0.2, 0.25) is 0 Å². The Kier molecular flexibility index (Phi) is 5.00. The Hall–Kier alpha value is -3.49. The Morgan fingerprint density at radius 1 is 1.00 bits per heavy atom. The zero-order chi connectivity index (χ0) is 20.5. The van der Waals surface area contributed by atoms with Crippen molar-refractivity contribution in [1.29, 1.82) is 0 Å². The van der Waals surface area contributed by atoms with E-state index >= 15 is 0 Å². The molecule has 0 aliphatic carbocycles. The molecule has 28 heavy (non-hydrogen) atoms. The second-order valence-electron chi connectivity index (χ2n) is 6.08. The molecule has 2 amide bonds. The number of hydrogen-bond donors (Lipinski definition) is 3. The van der Waals surface area contributed by atoms with Crippen LogP contribution in [-0.2, 0) is 13.2 Å². The fraction of sp³-hybridized carbons (Fsp3) is 0.105. The number of carbonyl (C=O) groups excluding carboxylic acids is 1. The van der Waals surface area contributed by atoms with E-state index in [9.17, 15) is 22.4 Å². The summed E-state index contributed by atoms with van der Waals surface area (Å²) >= 11 is 0. The van der Waals surface area contributed by atoms with Crippen LogP contribution in [0.2, 0.25) is 0 Å². The molecular weight excluding hydrogens is 376 g/mol. The van der Waals surface area contributed by atoms with E-state index in [0.29, 0.717) is 23.5 Å². The van der Waals surface area contributed by atoms with Crippen molar-refractivity contribution in [3.63, 3.8) is 0 Å². The number of urea groups is 1. The second-order valence-corrected chi connectivity index (χ2v) is 6.08. The van der Waals surface area contributed by atoms with Crippen LogP contribution in [-0.4, -0.2) is 10.6 Å². The summed E-state index contributed by atoms with van der Waals surface area (Å²) in [5.74, 6) is -1.41. The monoisotopic (exact) mass is 392 g/mol. The summed E-state index contributed by atoms with van der Waals surface area (Å²) in [4.78, 5) is 12.0. The molecule has 5 nitrogen and oxygen atoms in total. The van der Waals surface area contributed by atoms with Crippen molar-refractivity contribution in [3.05, 3.63) is 66.1 Å². The van der Waals surface area contributed by atoms with Crippen LogP contribution in [0.5, 0.6) is 0 Å². The number of rotatable bonds is 3. The number of nitrogens with one attached hydrogen (secondary N) is 2. The van der Waals surface area contributed by atoms with Crippen molar-refractivity contribution < 1.29 is 22.4 Å². The lowest BCUT2D eigenvalue weighted by Crippen LogP contribution is -2.20. The zero-order valence-electron chi connectivity index (χ0n) is 14.6. The quantitative estimate of drug-likeness (QED) is 0.544. The molecule has 9 heteroatoms. The highest BCUT2D eigenvalue weighted by atomic mass is 19.4. The summed E-state index contributed by atoms with van der Waals surface area (Å²) in [6.45, 7) is 0. The third-order valence-corrected chi connectivity index (χ3v) is 4.05. The molecule has 0 spiro atoms. The first kappa shape index (κ1) is 19.3. The standard InChI is InChI=1S/C19H16F4N4O/c1-27-9-8-16(24)17(27)11-2-4-12(5-3-11)25-18(28)26-13-6-7-15(20)14(10-13)19(21,22)23/h2-10H,24H2,1H3,(H2,25,26,28). The molecule has 0 fully saturated rings. The van der Waals surface area contributed by atoms with E-state index in [1.165, 1.54) is 0 Å². The Balaban J connectivity index is 1.70. The Labute approximate surface area is 157 Å². The van der Waals surface area contributed by atoms with Crippen LogP contribution < -0.4 is 16.4 Å². The van der Waals surface area contributed by atoms with Gasteiger partial charge in [-0.3, -0.25) is 0 Å². The smallest absolute Gasteiger partial charge is 0.397 e. The average Bonchev–Trinajstić information content (AvgIpc) is 2.95. The van der Waals surface area contributed by atoms with E-state index in [2.05, 4.69) is 10.6 Å². The highest BCUT2D eigenvalue weighted by Crippen LogP contribution is 2.33. The molecule has 0 bridgehead atoms.